The van der Waals surface area contributed by atoms with Crippen molar-refractivity contribution in [3.8, 4) is 0 Å². The summed E-state index contributed by atoms with van der Waals surface area (Å²) in [4.78, 5) is 38.1. The molecule has 73 heavy (non-hydrogen) atoms. The van der Waals surface area contributed by atoms with Crippen LogP contribution in [0, 0.1) is 0 Å². The maximum absolute atomic E-state index is 12.8. The van der Waals surface area contributed by atoms with Gasteiger partial charge in [0.25, 0.3) is 0 Å². The van der Waals surface area contributed by atoms with E-state index in [-0.39, 0.29) is 31.1 Å². The highest BCUT2D eigenvalue weighted by molar-refractivity contribution is 5.71. The van der Waals surface area contributed by atoms with E-state index in [0.717, 1.165) is 70.6 Å². The van der Waals surface area contributed by atoms with Crippen LogP contribution in [0.15, 0.2) is 24.3 Å². The van der Waals surface area contributed by atoms with E-state index >= 15 is 0 Å². The number of rotatable bonds is 61. The molecule has 0 fully saturated rings. The lowest BCUT2D eigenvalue weighted by Gasteiger charge is -2.18. The maximum Gasteiger partial charge on any atom is 0.306 e. The standard InChI is InChI=1S/C67H126O6/c1-4-7-10-13-16-19-22-24-25-26-27-28-29-30-31-32-33-34-35-36-37-38-39-40-41-42-43-46-48-51-54-57-60-66(69)72-63-64(62-71-65(68)59-56-53-50-47-44-21-18-15-12-9-6-3)73-67(70)61-58-55-52-49-45-23-20-17-14-11-8-5-2/h15,17-18,20,64H,4-14,16,19,21-63H2,1-3H3/b18-15-,20-17-. The molecule has 1 atom stereocenters. The van der Waals surface area contributed by atoms with E-state index in [1.807, 2.05) is 0 Å². The molecule has 0 aliphatic carbocycles. The summed E-state index contributed by atoms with van der Waals surface area (Å²) in [6.45, 7) is 6.62. The Hall–Kier alpha value is -2.11. The number of carbonyl (C=O) groups excluding carboxylic acids is 3. The molecule has 0 aliphatic heterocycles. The predicted octanol–water partition coefficient (Wildman–Crippen LogP) is 22.2. The van der Waals surface area contributed by atoms with E-state index in [9.17, 15) is 14.4 Å². The molecule has 0 heterocycles. The van der Waals surface area contributed by atoms with Gasteiger partial charge in [-0.3, -0.25) is 14.4 Å². The van der Waals surface area contributed by atoms with E-state index in [1.54, 1.807) is 0 Å². The van der Waals surface area contributed by atoms with Gasteiger partial charge in [0.15, 0.2) is 6.10 Å². The average Bonchev–Trinajstić information content (AvgIpc) is 3.39. The van der Waals surface area contributed by atoms with Crippen LogP contribution >= 0.6 is 0 Å². The SMILES string of the molecule is CCCC/C=C\CCCCCCCC(=O)OCC(COC(=O)CCCCCCCCCCCCCCCCCCCCCCCCCCCCCCCCCC)OC(=O)CCCCCCC/C=C\CCCCC. The average molecular weight is 1030 g/mol. The Morgan fingerprint density at radius 3 is 0.753 bits per heavy atom. The van der Waals surface area contributed by atoms with Gasteiger partial charge in [-0.1, -0.05) is 308 Å². The lowest BCUT2D eigenvalue weighted by atomic mass is 10.0. The molecule has 0 radical (unpaired) electrons. The molecule has 0 spiro atoms. The van der Waals surface area contributed by atoms with Crippen molar-refractivity contribution < 1.29 is 28.6 Å². The van der Waals surface area contributed by atoms with E-state index in [0.29, 0.717) is 19.3 Å². The molecule has 0 saturated carbocycles. The van der Waals surface area contributed by atoms with Gasteiger partial charge in [0.05, 0.1) is 0 Å². The van der Waals surface area contributed by atoms with Gasteiger partial charge in [-0.05, 0) is 64.2 Å². The Labute approximate surface area is 455 Å². The van der Waals surface area contributed by atoms with Gasteiger partial charge in [0.1, 0.15) is 13.2 Å². The van der Waals surface area contributed by atoms with Gasteiger partial charge in [-0.25, -0.2) is 0 Å². The summed E-state index contributed by atoms with van der Waals surface area (Å²) < 4.78 is 16.9. The number of ether oxygens (including phenoxy) is 3. The fourth-order valence-electron chi connectivity index (χ4n) is 9.95. The molecule has 0 aliphatic rings. The topological polar surface area (TPSA) is 78.9 Å². The first-order valence-corrected chi connectivity index (χ1v) is 32.8. The van der Waals surface area contributed by atoms with Gasteiger partial charge in [0, 0.05) is 19.3 Å². The van der Waals surface area contributed by atoms with E-state index < -0.39 is 6.10 Å². The molecule has 0 aromatic heterocycles. The molecule has 1 unspecified atom stereocenters. The minimum Gasteiger partial charge on any atom is -0.462 e. The Kier molecular flexibility index (Phi) is 60.6. The minimum absolute atomic E-state index is 0.0731. The highest BCUT2D eigenvalue weighted by Gasteiger charge is 2.19. The zero-order chi connectivity index (χ0) is 52.9. The minimum atomic E-state index is -0.775. The summed E-state index contributed by atoms with van der Waals surface area (Å²) in [5.41, 5.74) is 0. The van der Waals surface area contributed by atoms with Gasteiger partial charge in [-0.15, -0.1) is 0 Å². The Balaban J connectivity index is 3.99. The molecule has 0 saturated heterocycles. The van der Waals surface area contributed by atoms with Crippen molar-refractivity contribution in [1.82, 2.24) is 0 Å². The van der Waals surface area contributed by atoms with Crippen LogP contribution in [0.2, 0.25) is 0 Å². The van der Waals surface area contributed by atoms with Gasteiger partial charge in [-0.2, -0.15) is 0 Å². The Bertz CT molecular complexity index is 1180. The molecular weight excluding hydrogens is 901 g/mol. The highest BCUT2D eigenvalue weighted by Crippen LogP contribution is 2.18. The van der Waals surface area contributed by atoms with E-state index in [1.165, 1.54) is 257 Å². The second-order valence-corrected chi connectivity index (χ2v) is 22.4. The fraction of sp³-hybridized carbons (Fsp3) is 0.896. The zero-order valence-electron chi connectivity index (χ0n) is 49.4. The van der Waals surface area contributed by atoms with Crippen molar-refractivity contribution >= 4 is 17.9 Å². The van der Waals surface area contributed by atoms with Crippen molar-refractivity contribution in [3.05, 3.63) is 24.3 Å². The van der Waals surface area contributed by atoms with Gasteiger partial charge < -0.3 is 14.2 Å². The lowest BCUT2D eigenvalue weighted by Crippen LogP contribution is -2.30. The van der Waals surface area contributed by atoms with E-state index in [4.69, 9.17) is 14.2 Å². The van der Waals surface area contributed by atoms with Crippen LogP contribution in [0.4, 0.5) is 0 Å². The Morgan fingerprint density at radius 1 is 0.260 bits per heavy atom. The first-order valence-electron chi connectivity index (χ1n) is 32.8. The number of allylic oxidation sites excluding steroid dienone is 4. The summed E-state index contributed by atoms with van der Waals surface area (Å²) in [5.74, 6) is -0.873. The number of hydrogen-bond donors (Lipinski definition) is 0. The molecule has 0 aromatic rings. The number of esters is 3. The molecule has 0 rings (SSSR count). The second-order valence-electron chi connectivity index (χ2n) is 22.4. The molecule has 0 N–H and O–H groups in total. The number of unbranched alkanes of at least 4 members (excludes halogenated alkanes) is 46. The number of hydrogen-bond acceptors (Lipinski definition) is 6. The summed E-state index contributed by atoms with van der Waals surface area (Å²) in [7, 11) is 0. The van der Waals surface area contributed by atoms with Gasteiger partial charge in [0.2, 0.25) is 0 Å². The lowest BCUT2D eigenvalue weighted by molar-refractivity contribution is -0.167. The fourth-order valence-corrected chi connectivity index (χ4v) is 9.95. The van der Waals surface area contributed by atoms with Crippen molar-refractivity contribution in [3.63, 3.8) is 0 Å². The first kappa shape index (κ1) is 70.9. The predicted molar refractivity (Wildman–Crippen MR) is 316 cm³/mol. The van der Waals surface area contributed by atoms with Crippen LogP contribution in [0.25, 0.3) is 0 Å². The third kappa shape index (κ3) is 60.6. The largest absolute Gasteiger partial charge is 0.462 e. The van der Waals surface area contributed by atoms with Crippen LogP contribution in [0.1, 0.15) is 367 Å². The van der Waals surface area contributed by atoms with Crippen molar-refractivity contribution in [2.24, 2.45) is 0 Å². The van der Waals surface area contributed by atoms with Crippen LogP contribution < -0.4 is 0 Å². The zero-order valence-corrected chi connectivity index (χ0v) is 49.4. The van der Waals surface area contributed by atoms with Crippen molar-refractivity contribution in [2.75, 3.05) is 13.2 Å². The van der Waals surface area contributed by atoms with Crippen LogP contribution in [0.5, 0.6) is 0 Å². The molecule has 430 valence electrons. The summed E-state index contributed by atoms with van der Waals surface area (Å²) in [6.07, 6.45) is 75.1. The maximum atomic E-state index is 12.8. The monoisotopic (exact) mass is 1030 g/mol. The van der Waals surface area contributed by atoms with Crippen LogP contribution in [-0.4, -0.2) is 37.2 Å². The summed E-state index contributed by atoms with van der Waals surface area (Å²) in [5, 5.41) is 0. The molecular formula is C67H126O6. The first-order chi connectivity index (χ1) is 36.0. The summed E-state index contributed by atoms with van der Waals surface area (Å²) in [6, 6.07) is 0. The normalized spacial score (nSPS) is 12.1. The van der Waals surface area contributed by atoms with Crippen molar-refractivity contribution in [1.29, 1.82) is 0 Å². The second kappa shape index (κ2) is 62.4. The van der Waals surface area contributed by atoms with E-state index in [2.05, 4.69) is 45.1 Å². The van der Waals surface area contributed by atoms with Crippen LogP contribution in [0.3, 0.4) is 0 Å². The smallest absolute Gasteiger partial charge is 0.306 e. The molecule has 6 nitrogen and oxygen atoms in total. The molecule has 0 amide bonds. The Morgan fingerprint density at radius 2 is 0.466 bits per heavy atom. The third-order valence-corrected chi connectivity index (χ3v) is 14.9. The molecule has 0 aromatic carbocycles. The highest BCUT2D eigenvalue weighted by atomic mass is 16.6. The van der Waals surface area contributed by atoms with Crippen molar-refractivity contribution in [2.45, 2.75) is 374 Å². The molecule has 0 bridgehead atoms. The number of carbonyl (C=O) groups is 3. The third-order valence-electron chi connectivity index (χ3n) is 14.9. The van der Waals surface area contributed by atoms with Crippen LogP contribution in [-0.2, 0) is 28.6 Å². The molecule has 6 heteroatoms. The summed E-state index contributed by atoms with van der Waals surface area (Å²) >= 11 is 0. The quantitative estimate of drug-likeness (QED) is 0.0261. The van der Waals surface area contributed by atoms with Gasteiger partial charge >= 0.3 is 17.9 Å².